The minimum Gasteiger partial charge on any atom is -0.399 e. The second-order valence-corrected chi connectivity index (χ2v) is 3.98. The van der Waals surface area contributed by atoms with Crippen LogP contribution < -0.4 is 10.6 Å². The van der Waals surface area contributed by atoms with E-state index in [0.29, 0.717) is 24.5 Å². The van der Waals surface area contributed by atoms with Crippen molar-refractivity contribution in [1.82, 2.24) is 4.90 Å². The van der Waals surface area contributed by atoms with E-state index in [1.165, 1.54) is 12.1 Å². The van der Waals surface area contributed by atoms with Gasteiger partial charge in [-0.25, -0.2) is 4.39 Å². The van der Waals surface area contributed by atoms with Gasteiger partial charge >= 0.3 is 0 Å². The average Bonchev–Trinajstić information content (AvgIpc) is 2.20. The molecule has 4 nitrogen and oxygen atoms in total. The lowest BCUT2D eigenvalue weighted by atomic mass is 10.2. The summed E-state index contributed by atoms with van der Waals surface area (Å²) in [4.78, 5) is 15.0. The van der Waals surface area contributed by atoms with Gasteiger partial charge in [-0.3, -0.25) is 4.79 Å². The molecule has 0 atom stereocenters. The molecule has 0 aliphatic carbocycles. The number of piperazine rings is 1. The Morgan fingerprint density at radius 1 is 1.31 bits per heavy atom. The predicted octanol–water partition coefficient (Wildman–Crippen LogP) is 0.686. The number of carbonyl (C=O) groups excluding carboxylic acids is 1. The number of hydrogen-bond donors (Lipinski definition) is 1. The molecule has 0 aromatic heterocycles. The second-order valence-electron chi connectivity index (χ2n) is 3.98. The lowest BCUT2D eigenvalue weighted by Crippen LogP contribution is -2.48. The van der Waals surface area contributed by atoms with Crippen molar-refractivity contribution in [2.75, 3.05) is 37.3 Å². The van der Waals surface area contributed by atoms with E-state index in [1.807, 2.05) is 4.90 Å². The van der Waals surface area contributed by atoms with Crippen LogP contribution in [-0.2, 0) is 4.79 Å². The van der Waals surface area contributed by atoms with E-state index in [1.54, 1.807) is 18.0 Å². The molecule has 2 N–H and O–H groups in total. The number of carbonyl (C=O) groups is 1. The molecule has 1 aliphatic heterocycles. The fourth-order valence-electron chi connectivity index (χ4n) is 1.76. The summed E-state index contributed by atoms with van der Waals surface area (Å²) in [7, 11) is 1.76. The summed E-state index contributed by atoms with van der Waals surface area (Å²) in [5.41, 5.74) is 6.61. The zero-order valence-corrected chi connectivity index (χ0v) is 9.11. The van der Waals surface area contributed by atoms with E-state index in [0.717, 1.165) is 0 Å². The van der Waals surface area contributed by atoms with Crippen LogP contribution in [0.25, 0.3) is 0 Å². The Labute approximate surface area is 93.4 Å². The number of rotatable bonds is 1. The molecule has 86 valence electrons. The van der Waals surface area contributed by atoms with Gasteiger partial charge in [0, 0.05) is 31.5 Å². The average molecular weight is 223 g/mol. The third kappa shape index (κ3) is 2.08. The Morgan fingerprint density at radius 3 is 2.69 bits per heavy atom. The van der Waals surface area contributed by atoms with Crippen LogP contribution in [0.15, 0.2) is 18.2 Å². The molecule has 0 radical (unpaired) electrons. The molecule has 0 spiro atoms. The SMILES string of the molecule is CN1CCN(c2cc(N)cc(F)c2)CC1=O. The Morgan fingerprint density at radius 2 is 2.06 bits per heavy atom. The van der Waals surface area contributed by atoms with Gasteiger partial charge in [-0.05, 0) is 18.2 Å². The molecule has 5 heteroatoms. The molecule has 0 bridgehead atoms. The highest BCUT2D eigenvalue weighted by molar-refractivity contribution is 5.82. The fraction of sp³-hybridized carbons (Fsp3) is 0.364. The highest BCUT2D eigenvalue weighted by Gasteiger charge is 2.21. The Hall–Kier alpha value is -1.78. The summed E-state index contributed by atoms with van der Waals surface area (Å²) in [5, 5.41) is 0. The van der Waals surface area contributed by atoms with Gasteiger partial charge in [0.15, 0.2) is 0 Å². The Bertz CT molecular complexity index is 401. The van der Waals surface area contributed by atoms with Crippen molar-refractivity contribution in [3.05, 3.63) is 24.0 Å². The number of nitrogen functional groups attached to an aromatic ring is 1. The summed E-state index contributed by atoms with van der Waals surface area (Å²) in [6, 6.07) is 4.35. The van der Waals surface area contributed by atoms with Crippen molar-refractivity contribution in [3.63, 3.8) is 0 Å². The first-order chi connectivity index (χ1) is 7.56. The van der Waals surface area contributed by atoms with Crippen molar-refractivity contribution < 1.29 is 9.18 Å². The third-order valence-corrected chi connectivity index (χ3v) is 2.73. The van der Waals surface area contributed by atoms with Gasteiger partial charge in [-0.15, -0.1) is 0 Å². The van der Waals surface area contributed by atoms with Gasteiger partial charge in [0.25, 0.3) is 0 Å². The smallest absolute Gasteiger partial charge is 0.241 e. The van der Waals surface area contributed by atoms with Crippen molar-refractivity contribution in [2.45, 2.75) is 0 Å². The molecular weight excluding hydrogens is 209 g/mol. The van der Waals surface area contributed by atoms with E-state index in [-0.39, 0.29) is 18.3 Å². The Kier molecular flexibility index (Phi) is 2.68. The highest BCUT2D eigenvalue weighted by Crippen LogP contribution is 2.21. The van der Waals surface area contributed by atoms with Crippen LogP contribution in [-0.4, -0.2) is 37.5 Å². The van der Waals surface area contributed by atoms with Crippen molar-refractivity contribution in [2.24, 2.45) is 0 Å². The van der Waals surface area contributed by atoms with Crippen molar-refractivity contribution >= 4 is 17.3 Å². The number of amides is 1. The fourth-order valence-corrected chi connectivity index (χ4v) is 1.76. The quantitative estimate of drug-likeness (QED) is 0.712. The molecular formula is C11H14FN3O. The number of halogens is 1. The van der Waals surface area contributed by atoms with Crippen LogP contribution in [0, 0.1) is 5.82 Å². The molecule has 1 aromatic carbocycles. The molecule has 1 aliphatic rings. The van der Waals surface area contributed by atoms with Crippen LogP contribution in [0.5, 0.6) is 0 Å². The van der Waals surface area contributed by atoms with Gasteiger partial charge in [0.1, 0.15) is 5.82 Å². The molecule has 1 amide bonds. The molecule has 0 saturated carbocycles. The highest BCUT2D eigenvalue weighted by atomic mass is 19.1. The number of benzene rings is 1. The number of anilines is 2. The number of nitrogens with zero attached hydrogens (tertiary/aromatic N) is 2. The van der Waals surface area contributed by atoms with Crippen LogP contribution in [0.2, 0.25) is 0 Å². The van der Waals surface area contributed by atoms with Crippen LogP contribution in [0.4, 0.5) is 15.8 Å². The zero-order valence-electron chi connectivity index (χ0n) is 9.11. The molecule has 1 saturated heterocycles. The van der Waals surface area contributed by atoms with Crippen molar-refractivity contribution in [1.29, 1.82) is 0 Å². The summed E-state index contributed by atoms with van der Waals surface area (Å²) < 4.78 is 13.2. The zero-order chi connectivity index (χ0) is 11.7. The van der Waals surface area contributed by atoms with E-state index in [9.17, 15) is 9.18 Å². The molecule has 1 fully saturated rings. The minimum absolute atomic E-state index is 0.0362. The minimum atomic E-state index is -0.374. The topological polar surface area (TPSA) is 49.6 Å². The molecule has 2 rings (SSSR count). The maximum Gasteiger partial charge on any atom is 0.241 e. The lowest BCUT2D eigenvalue weighted by Gasteiger charge is -2.33. The summed E-state index contributed by atoms with van der Waals surface area (Å²) in [6.45, 7) is 1.62. The van der Waals surface area contributed by atoms with Gasteiger partial charge in [0.2, 0.25) is 5.91 Å². The molecule has 16 heavy (non-hydrogen) atoms. The van der Waals surface area contributed by atoms with Crippen LogP contribution >= 0.6 is 0 Å². The first-order valence-electron chi connectivity index (χ1n) is 5.11. The molecule has 1 heterocycles. The van der Waals surface area contributed by atoms with Crippen LogP contribution in [0.3, 0.4) is 0 Å². The van der Waals surface area contributed by atoms with Gasteiger partial charge in [-0.1, -0.05) is 0 Å². The van der Waals surface area contributed by atoms with Crippen LogP contribution in [0.1, 0.15) is 0 Å². The monoisotopic (exact) mass is 223 g/mol. The van der Waals surface area contributed by atoms with E-state index < -0.39 is 0 Å². The first kappa shape index (κ1) is 10.7. The lowest BCUT2D eigenvalue weighted by molar-refractivity contribution is -0.129. The van der Waals surface area contributed by atoms with Gasteiger partial charge < -0.3 is 15.5 Å². The van der Waals surface area contributed by atoms with E-state index >= 15 is 0 Å². The maximum absolute atomic E-state index is 13.2. The number of likely N-dealkylation sites (N-methyl/N-ethyl adjacent to an activating group) is 1. The van der Waals surface area contributed by atoms with Gasteiger partial charge in [0.05, 0.1) is 6.54 Å². The summed E-state index contributed by atoms with van der Waals surface area (Å²) in [5.74, 6) is -0.338. The van der Waals surface area contributed by atoms with E-state index in [4.69, 9.17) is 5.73 Å². The number of nitrogens with two attached hydrogens (primary N) is 1. The normalized spacial score (nSPS) is 16.8. The predicted molar refractivity (Wildman–Crippen MR) is 60.7 cm³/mol. The first-order valence-corrected chi connectivity index (χ1v) is 5.11. The summed E-state index contributed by atoms with van der Waals surface area (Å²) >= 11 is 0. The molecule has 0 unspecified atom stereocenters. The Balaban J connectivity index is 2.21. The van der Waals surface area contributed by atoms with Gasteiger partial charge in [-0.2, -0.15) is 0 Å². The van der Waals surface area contributed by atoms with Crippen molar-refractivity contribution in [3.8, 4) is 0 Å². The second kappa shape index (κ2) is 4.00. The molecule has 1 aromatic rings. The standard InChI is InChI=1S/C11H14FN3O/c1-14-2-3-15(7-11(14)16)10-5-8(12)4-9(13)6-10/h4-6H,2-3,7,13H2,1H3. The third-order valence-electron chi connectivity index (χ3n) is 2.73. The summed E-state index contributed by atoms with van der Waals surface area (Å²) in [6.07, 6.45) is 0. The largest absolute Gasteiger partial charge is 0.399 e. The van der Waals surface area contributed by atoms with E-state index in [2.05, 4.69) is 0 Å². The number of hydrogen-bond acceptors (Lipinski definition) is 3. The maximum atomic E-state index is 13.2.